The van der Waals surface area contributed by atoms with Gasteiger partial charge in [0.2, 0.25) is 11.8 Å². The highest BCUT2D eigenvalue weighted by Gasteiger charge is 2.36. The number of aromatic nitrogens is 4. The van der Waals surface area contributed by atoms with Crippen molar-refractivity contribution in [2.75, 3.05) is 19.5 Å². The molecule has 1 aliphatic heterocycles. The molecule has 4 N–H and O–H groups in total. The molecule has 20 heavy (non-hydrogen) atoms. The molecule has 108 valence electrons. The van der Waals surface area contributed by atoms with E-state index in [-0.39, 0.29) is 18.4 Å². The molecule has 3 atom stereocenters. The molecule has 3 rings (SSSR count). The largest absolute Gasteiger partial charge is 0.479 e. The molecule has 0 amide bonds. The summed E-state index contributed by atoms with van der Waals surface area (Å²) in [5, 5.41) is 19.1. The summed E-state index contributed by atoms with van der Waals surface area (Å²) in [6, 6.07) is 0. The third kappa shape index (κ3) is 1.96. The van der Waals surface area contributed by atoms with Gasteiger partial charge in [-0.1, -0.05) is 0 Å². The lowest BCUT2D eigenvalue weighted by Gasteiger charge is -2.16. The number of hydrogen-bond donors (Lipinski definition) is 3. The lowest BCUT2D eigenvalue weighted by molar-refractivity contribution is -0.0486. The van der Waals surface area contributed by atoms with Gasteiger partial charge in [0.05, 0.1) is 26.1 Å². The van der Waals surface area contributed by atoms with Crippen molar-refractivity contribution >= 4 is 17.1 Å². The Morgan fingerprint density at radius 3 is 3.00 bits per heavy atom. The first-order valence-electron chi connectivity index (χ1n) is 6.12. The fraction of sp³-hybridized carbons (Fsp3) is 0.545. The number of nitrogens with zero attached hydrogens (tertiary/aromatic N) is 4. The van der Waals surface area contributed by atoms with Gasteiger partial charge >= 0.3 is 0 Å². The van der Waals surface area contributed by atoms with E-state index in [9.17, 15) is 5.11 Å². The molecular formula is C11H15N5O4. The molecule has 2 aromatic heterocycles. The monoisotopic (exact) mass is 281 g/mol. The van der Waals surface area contributed by atoms with Crippen molar-refractivity contribution in [3.63, 3.8) is 0 Å². The number of imidazole rings is 1. The van der Waals surface area contributed by atoms with Crippen molar-refractivity contribution in [2.45, 2.75) is 24.9 Å². The SMILES string of the molecule is COc1nc(N)nc2c1ncn2[C@@H]1O[C@H](CO)C[C@@H]1O. The number of anilines is 1. The van der Waals surface area contributed by atoms with Crippen LogP contribution in [0.4, 0.5) is 5.95 Å². The Labute approximate surface area is 114 Å². The van der Waals surface area contributed by atoms with E-state index >= 15 is 0 Å². The van der Waals surface area contributed by atoms with Gasteiger partial charge in [-0.2, -0.15) is 9.97 Å². The lowest BCUT2D eigenvalue weighted by atomic mass is 10.2. The number of fused-ring (bicyclic) bond motifs is 1. The minimum Gasteiger partial charge on any atom is -0.479 e. The van der Waals surface area contributed by atoms with Crippen LogP contribution in [0.25, 0.3) is 11.2 Å². The Hall–Kier alpha value is -1.97. The van der Waals surface area contributed by atoms with Crippen LogP contribution in [0, 0.1) is 0 Å². The second-order valence-electron chi connectivity index (χ2n) is 4.55. The van der Waals surface area contributed by atoms with Crippen LogP contribution in [0.15, 0.2) is 6.33 Å². The van der Waals surface area contributed by atoms with Crippen LogP contribution in [-0.4, -0.2) is 55.7 Å². The smallest absolute Gasteiger partial charge is 0.246 e. The molecule has 0 spiro atoms. The van der Waals surface area contributed by atoms with Gasteiger partial charge in [-0.15, -0.1) is 0 Å². The predicted molar refractivity (Wildman–Crippen MR) is 67.9 cm³/mol. The number of methoxy groups -OCH3 is 1. The third-order valence-corrected chi connectivity index (χ3v) is 3.24. The van der Waals surface area contributed by atoms with Gasteiger partial charge in [-0.25, -0.2) is 4.98 Å². The molecule has 1 saturated heterocycles. The van der Waals surface area contributed by atoms with Crippen molar-refractivity contribution in [1.82, 2.24) is 19.5 Å². The molecule has 9 heteroatoms. The Morgan fingerprint density at radius 2 is 2.35 bits per heavy atom. The standard InChI is InChI=1S/C11H15N5O4/c1-19-9-7-8(14-11(12)15-9)16(4-13-7)10-6(18)2-5(3-17)20-10/h4-6,10,17-18H,2-3H2,1H3,(H2,12,14,15)/t5-,6-,10+/m0/s1. The van der Waals surface area contributed by atoms with Gasteiger partial charge in [0.25, 0.3) is 0 Å². The van der Waals surface area contributed by atoms with Gasteiger partial charge in [-0.05, 0) is 0 Å². The Kier molecular flexibility index (Phi) is 3.16. The first-order valence-corrected chi connectivity index (χ1v) is 6.12. The molecule has 0 aliphatic carbocycles. The molecule has 9 nitrogen and oxygen atoms in total. The maximum Gasteiger partial charge on any atom is 0.246 e. The van der Waals surface area contributed by atoms with Gasteiger partial charge in [0.15, 0.2) is 17.4 Å². The minimum atomic E-state index is -0.758. The van der Waals surface area contributed by atoms with Crippen molar-refractivity contribution in [1.29, 1.82) is 0 Å². The summed E-state index contributed by atoms with van der Waals surface area (Å²) in [5.74, 6) is 0.305. The summed E-state index contributed by atoms with van der Waals surface area (Å²) in [6.07, 6.45) is -0.00977. The number of aliphatic hydroxyl groups excluding tert-OH is 2. The molecule has 0 saturated carbocycles. The Morgan fingerprint density at radius 1 is 1.55 bits per heavy atom. The van der Waals surface area contributed by atoms with Crippen LogP contribution >= 0.6 is 0 Å². The predicted octanol–water partition coefficient (Wildman–Crippen LogP) is -0.942. The number of ether oxygens (including phenoxy) is 2. The Bertz CT molecular complexity index is 631. The molecular weight excluding hydrogens is 266 g/mol. The first kappa shape index (κ1) is 13.0. The molecule has 3 heterocycles. The van der Waals surface area contributed by atoms with E-state index in [0.717, 1.165) is 0 Å². The molecule has 1 fully saturated rings. The molecule has 0 radical (unpaired) electrons. The second-order valence-corrected chi connectivity index (χ2v) is 4.55. The van der Waals surface area contributed by atoms with Crippen LogP contribution in [0.5, 0.6) is 5.88 Å². The van der Waals surface area contributed by atoms with Crippen LogP contribution in [0.2, 0.25) is 0 Å². The van der Waals surface area contributed by atoms with E-state index < -0.39 is 18.4 Å². The number of nitrogen functional groups attached to an aromatic ring is 1. The van der Waals surface area contributed by atoms with Crippen molar-refractivity contribution < 1.29 is 19.7 Å². The summed E-state index contributed by atoms with van der Waals surface area (Å²) in [5.41, 5.74) is 6.48. The van der Waals surface area contributed by atoms with Crippen LogP contribution in [0.3, 0.4) is 0 Å². The highest BCUT2D eigenvalue weighted by Crippen LogP contribution is 2.32. The zero-order valence-corrected chi connectivity index (χ0v) is 10.8. The summed E-state index contributed by atoms with van der Waals surface area (Å²) in [6.45, 7) is -0.152. The maximum atomic E-state index is 10.0. The van der Waals surface area contributed by atoms with Gasteiger partial charge in [-0.3, -0.25) is 4.57 Å². The lowest BCUT2D eigenvalue weighted by Crippen LogP contribution is -2.19. The molecule has 1 aliphatic rings. The van der Waals surface area contributed by atoms with E-state index in [4.69, 9.17) is 20.3 Å². The number of hydrogen-bond acceptors (Lipinski definition) is 8. The maximum absolute atomic E-state index is 10.0. The summed E-state index contributed by atoms with van der Waals surface area (Å²) < 4.78 is 12.2. The normalized spacial score (nSPS) is 26.2. The average molecular weight is 281 g/mol. The highest BCUT2D eigenvalue weighted by molar-refractivity contribution is 5.77. The van der Waals surface area contributed by atoms with Gasteiger partial charge < -0.3 is 25.4 Å². The van der Waals surface area contributed by atoms with Crippen molar-refractivity contribution in [2.24, 2.45) is 0 Å². The number of aliphatic hydroxyl groups is 2. The van der Waals surface area contributed by atoms with Crippen molar-refractivity contribution in [3.05, 3.63) is 6.33 Å². The quantitative estimate of drug-likeness (QED) is 0.657. The highest BCUT2D eigenvalue weighted by atomic mass is 16.5. The van der Waals surface area contributed by atoms with E-state index in [0.29, 0.717) is 17.6 Å². The minimum absolute atomic E-state index is 0.0438. The second kappa shape index (κ2) is 4.85. The van der Waals surface area contributed by atoms with Gasteiger partial charge in [0, 0.05) is 6.42 Å². The molecule has 0 aromatic carbocycles. The molecule has 2 aromatic rings. The van der Waals surface area contributed by atoms with E-state index in [2.05, 4.69) is 15.0 Å². The summed E-state index contributed by atoms with van der Waals surface area (Å²) in [7, 11) is 1.46. The summed E-state index contributed by atoms with van der Waals surface area (Å²) >= 11 is 0. The zero-order valence-electron chi connectivity index (χ0n) is 10.8. The van der Waals surface area contributed by atoms with Gasteiger partial charge in [0.1, 0.15) is 6.10 Å². The zero-order chi connectivity index (χ0) is 14.3. The number of rotatable bonds is 3. The molecule has 0 unspecified atom stereocenters. The van der Waals surface area contributed by atoms with E-state index in [1.807, 2.05) is 0 Å². The topological polar surface area (TPSA) is 129 Å². The first-order chi connectivity index (χ1) is 9.63. The average Bonchev–Trinajstić information content (AvgIpc) is 3.00. The van der Waals surface area contributed by atoms with Crippen LogP contribution in [0.1, 0.15) is 12.6 Å². The van der Waals surface area contributed by atoms with Crippen molar-refractivity contribution in [3.8, 4) is 5.88 Å². The van der Waals surface area contributed by atoms with E-state index in [1.54, 1.807) is 4.57 Å². The Balaban J connectivity index is 2.07. The summed E-state index contributed by atoms with van der Waals surface area (Å²) in [4.78, 5) is 12.2. The fourth-order valence-corrected chi connectivity index (χ4v) is 2.33. The fourth-order valence-electron chi connectivity index (χ4n) is 2.33. The number of nitrogens with two attached hydrogens (primary N) is 1. The van der Waals surface area contributed by atoms with Crippen LogP contribution in [-0.2, 0) is 4.74 Å². The third-order valence-electron chi connectivity index (χ3n) is 3.24. The van der Waals surface area contributed by atoms with Crippen LogP contribution < -0.4 is 10.5 Å². The molecule has 0 bridgehead atoms. The van der Waals surface area contributed by atoms with E-state index in [1.165, 1.54) is 13.4 Å².